The molecule has 0 fully saturated rings. The Balaban J connectivity index is 1.78. The van der Waals surface area contributed by atoms with E-state index in [1.54, 1.807) is 0 Å². The van der Waals surface area contributed by atoms with Crippen molar-refractivity contribution < 1.29 is 4.79 Å². The number of carbonyl (C=O) groups excluding carboxylic acids is 1. The molecular formula is C18H22N6O. The maximum atomic E-state index is 12.5. The highest BCUT2D eigenvalue weighted by atomic mass is 16.1. The summed E-state index contributed by atoms with van der Waals surface area (Å²) in [7, 11) is 3.97. The van der Waals surface area contributed by atoms with Gasteiger partial charge in [-0.05, 0) is 50.6 Å². The van der Waals surface area contributed by atoms with Crippen molar-refractivity contribution in [1.82, 2.24) is 24.9 Å². The lowest BCUT2D eigenvalue weighted by Gasteiger charge is -2.16. The molecule has 0 aliphatic rings. The second-order valence-corrected chi connectivity index (χ2v) is 6.37. The van der Waals surface area contributed by atoms with Crippen LogP contribution in [0.3, 0.4) is 0 Å². The number of hydrogen-bond donors (Lipinski definition) is 1. The fourth-order valence-corrected chi connectivity index (χ4v) is 2.97. The molecule has 0 unspecified atom stereocenters. The largest absolute Gasteiger partial charge is 0.377 e. The van der Waals surface area contributed by atoms with Crippen LogP contribution in [0.2, 0.25) is 0 Å². The SMILES string of the molecule is Cc1cc(C)n2c(CNC(=O)c3ccc(N(C)C)c(C)c3)nnc2n1. The molecule has 1 amide bonds. The number of anilines is 1. The van der Waals surface area contributed by atoms with E-state index in [2.05, 4.69) is 20.5 Å². The molecule has 0 aliphatic carbocycles. The van der Waals surface area contributed by atoms with E-state index >= 15 is 0 Å². The number of nitrogens with one attached hydrogen (secondary N) is 1. The van der Waals surface area contributed by atoms with E-state index in [9.17, 15) is 4.79 Å². The summed E-state index contributed by atoms with van der Waals surface area (Å²) in [5.41, 5.74) is 4.66. The van der Waals surface area contributed by atoms with Crippen LogP contribution in [0.1, 0.15) is 33.1 Å². The highest BCUT2D eigenvalue weighted by molar-refractivity contribution is 5.94. The van der Waals surface area contributed by atoms with Crippen LogP contribution in [0.15, 0.2) is 24.3 Å². The summed E-state index contributed by atoms with van der Waals surface area (Å²) in [6, 6.07) is 7.64. The van der Waals surface area contributed by atoms with Gasteiger partial charge in [0.15, 0.2) is 5.82 Å². The minimum atomic E-state index is -0.136. The number of aryl methyl sites for hydroxylation is 3. The van der Waals surface area contributed by atoms with Gasteiger partial charge in [-0.2, -0.15) is 0 Å². The first kappa shape index (κ1) is 16.9. The van der Waals surface area contributed by atoms with Crippen molar-refractivity contribution in [3.05, 3.63) is 52.6 Å². The Kier molecular flexibility index (Phi) is 4.39. The smallest absolute Gasteiger partial charge is 0.255 e. The first-order valence-electron chi connectivity index (χ1n) is 8.11. The average Bonchev–Trinajstić information content (AvgIpc) is 2.95. The second-order valence-electron chi connectivity index (χ2n) is 6.37. The van der Waals surface area contributed by atoms with E-state index < -0.39 is 0 Å². The molecule has 7 heteroatoms. The van der Waals surface area contributed by atoms with E-state index in [0.717, 1.165) is 22.6 Å². The molecule has 2 heterocycles. The van der Waals surface area contributed by atoms with Crippen molar-refractivity contribution >= 4 is 17.4 Å². The number of hydrogen-bond acceptors (Lipinski definition) is 5. The van der Waals surface area contributed by atoms with Crippen molar-refractivity contribution in [1.29, 1.82) is 0 Å². The van der Waals surface area contributed by atoms with Gasteiger partial charge >= 0.3 is 0 Å². The molecule has 0 spiro atoms. The van der Waals surface area contributed by atoms with E-state index in [1.807, 2.05) is 68.4 Å². The van der Waals surface area contributed by atoms with Crippen LogP contribution >= 0.6 is 0 Å². The van der Waals surface area contributed by atoms with E-state index in [1.165, 1.54) is 0 Å². The molecule has 0 saturated heterocycles. The molecule has 3 aromatic rings. The van der Waals surface area contributed by atoms with Crippen molar-refractivity contribution in [3.8, 4) is 0 Å². The molecule has 130 valence electrons. The molecule has 0 bridgehead atoms. The zero-order valence-corrected chi connectivity index (χ0v) is 15.2. The average molecular weight is 338 g/mol. The standard InChI is InChI=1S/C18H22N6O/c1-11-8-14(6-7-15(11)23(4)5)17(25)19-10-16-21-22-18-20-12(2)9-13(3)24(16)18/h6-9H,10H2,1-5H3,(H,19,25). The summed E-state index contributed by atoms with van der Waals surface area (Å²) in [4.78, 5) is 18.8. The molecule has 2 aromatic heterocycles. The Morgan fingerprint density at radius 3 is 2.60 bits per heavy atom. The molecular weight excluding hydrogens is 316 g/mol. The fourth-order valence-electron chi connectivity index (χ4n) is 2.97. The van der Waals surface area contributed by atoms with E-state index in [-0.39, 0.29) is 5.91 Å². The van der Waals surface area contributed by atoms with Crippen LogP contribution in [-0.2, 0) is 6.54 Å². The van der Waals surface area contributed by atoms with Crippen molar-refractivity contribution in [2.75, 3.05) is 19.0 Å². The van der Waals surface area contributed by atoms with Crippen molar-refractivity contribution in [3.63, 3.8) is 0 Å². The van der Waals surface area contributed by atoms with Gasteiger partial charge < -0.3 is 10.2 Å². The highest BCUT2D eigenvalue weighted by Gasteiger charge is 2.13. The minimum Gasteiger partial charge on any atom is -0.377 e. The van der Waals surface area contributed by atoms with Gasteiger partial charge in [-0.1, -0.05) is 0 Å². The lowest BCUT2D eigenvalue weighted by molar-refractivity contribution is 0.0949. The van der Waals surface area contributed by atoms with Crippen LogP contribution in [0.5, 0.6) is 0 Å². The highest BCUT2D eigenvalue weighted by Crippen LogP contribution is 2.19. The maximum absolute atomic E-state index is 12.5. The zero-order valence-electron chi connectivity index (χ0n) is 15.2. The van der Waals surface area contributed by atoms with Crippen LogP contribution in [0.4, 0.5) is 5.69 Å². The van der Waals surface area contributed by atoms with E-state index in [4.69, 9.17) is 0 Å². The number of nitrogens with zero attached hydrogens (tertiary/aromatic N) is 5. The van der Waals surface area contributed by atoms with Gasteiger partial charge in [-0.25, -0.2) is 4.98 Å². The molecule has 7 nitrogen and oxygen atoms in total. The predicted octanol–water partition coefficient (Wildman–Crippen LogP) is 2.05. The lowest BCUT2D eigenvalue weighted by atomic mass is 10.1. The third-order valence-corrected chi connectivity index (χ3v) is 4.11. The van der Waals surface area contributed by atoms with Crippen LogP contribution in [-0.4, -0.2) is 39.6 Å². The van der Waals surface area contributed by atoms with Gasteiger partial charge in [0, 0.05) is 36.7 Å². The van der Waals surface area contributed by atoms with Crippen molar-refractivity contribution in [2.24, 2.45) is 0 Å². The Labute approximate surface area is 146 Å². The van der Waals surface area contributed by atoms with Crippen LogP contribution < -0.4 is 10.2 Å². The first-order valence-corrected chi connectivity index (χ1v) is 8.11. The van der Waals surface area contributed by atoms with Crippen LogP contribution in [0, 0.1) is 20.8 Å². The summed E-state index contributed by atoms with van der Waals surface area (Å²) < 4.78 is 1.85. The van der Waals surface area contributed by atoms with Gasteiger partial charge in [0.05, 0.1) is 6.54 Å². The molecule has 1 aromatic carbocycles. The summed E-state index contributed by atoms with van der Waals surface area (Å²) in [6.07, 6.45) is 0. The molecule has 0 radical (unpaired) electrons. The first-order chi connectivity index (χ1) is 11.9. The normalized spacial score (nSPS) is 10.9. The number of benzene rings is 1. The predicted molar refractivity (Wildman–Crippen MR) is 96.9 cm³/mol. The number of rotatable bonds is 4. The molecule has 3 rings (SSSR count). The third kappa shape index (κ3) is 3.31. The zero-order chi connectivity index (χ0) is 18.1. The van der Waals surface area contributed by atoms with E-state index in [0.29, 0.717) is 23.7 Å². The number of amides is 1. The minimum absolute atomic E-state index is 0.136. The maximum Gasteiger partial charge on any atom is 0.255 e. The summed E-state index contributed by atoms with van der Waals surface area (Å²) in [6.45, 7) is 6.18. The van der Waals surface area contributed by atoms with Gasteiger partial charge in [-0.3, -0.25) is 9.20 Å². The molecule has 0 saturated carbocycles. The molecule has 1 N–H and O–H groups in total. The number of fused-ring (bicyclic) bond motifs is 1. The van der Waals surface area contributed by atoms with Gasteiger partial charge in [0.25, 0.3) is 11.7 Å². The molecule has 0 aliphatic heterocycles. The number of aromatic nitrogens is 4. The summed E-state index contributed by atoms with van der Waals surface area (Å²) in [5.74, 6) is 1.07. The Bertz CT molecular complexity index is 944. The van der Waals surface area contributed by atoms with Crippen molar-refractivity contribution in [2.45, 2.75) is 27.3 Å². The second kappa shape index (κ2) is 6.51. The molecule has 0 atom stereocenters. The van der Waals surface area contributed by atoms with Gasteiger partial charge in [0.1, 0.15) is 0 Å². The van der Waals surface area contributed by atoms with Crippen LogP contribution in [0.25, 0.3) is 5.78 Å². The van der Waals surface area contributed by atoms with Gasteiger partial charge in [0.2, 0.25) is 0 Å². The fraction of sp³-hybridized carbons (Fsp3) is 0.333. The third-order valence-electron chi connectivity index (χ3n) is 4.11. The Morgan fingerprint density at radius 2 is 1.92 bits per heavy atom. The lowest BCUT2D eigenvalue weighted by Crippen LogP contribution is -2.24. The Morgan fingerprint density at radius 1 is 1.16 bits per heavy atom. The number of carbonyl (C=O) groups is 1. The topological polar surface area (TPSA) is 75.4 Å². The summed E-state index contributed by atoms with van der Waals surface area (Å²) >= 11 is 0. The quantitative estimate of drug-likeness (QED) is 0.788. The summed E-state index contributed by atoms with van der Waals surface area (Å²) in [5, 5.41) is 11.1. The Hall–Kier alpha value is -2.96. The molecule has 25 heavy (non-hydrogen) atoms. The van der Waals surface area contributed by atoms with Gasteiger partial charge in [-0.15, -0.1) is 10.2 Å². The monoisotopic (exact) mass is 338 g/mol.